The Morgan fingerprint density at radius 3 is 2.50 bits per heavy atom. The third-order valence-corrected chi connectivity index (χ3v) is 6.43. The molecule has 1 heterocycles. The highest BCUT2D eigenvalue weighted by Crippen LogP contribution is 2.25. The molecule has 0 aliphatic heterocycles. The van der Waals surface area contributed by atoms with Gasteiger partial charge in [0.25, 0.3) is 11.6 Å². The van der Waals surface area contributed by atoms with E-state index < -0.39 is 22.8 Å². The Bertz CT molecular complexity index is 1340. The Hall–Kier alpha value is -4.26. The molecular formula is C25H28N6O6S. The SMILES string of the molecule is CCOC(=O)c1cccc(NC(=O)CSc2nnc([C@H](NC(=O)c3cccc([N+](=O)[O-])c3)C(C)C)n2C)c1. The van der Waals surface area contributed by atoms with Crippen molar-refractivity contribution in [2.45, 2.75) is 32.0 Å². The van der Waals surface area contributed by atoms with Crippen molar-refractivity contribution in [1.82, 2.24) is 20.1 Å². The third kappa shape index (κ3) is 7.16. The van der Waals surface area contributed by atoms with Gasteiger partial charge in [-0.2, -0.15) is 0 Å². The van der Waals surface area contributed by atoms with Gasteiger partial charge in [-0.3, -0.25) is 19.7 Å². The fourth-order valence-corrected chi connectivity index (χ4v) is 4.22. The van der Waals surface area contributed by atoms with Gasteiger partial charge in [-0.05, 0) is 37.1 Å². The second kappa shape index (κ2) is 12.8. The van der Waals surface area contributed by atoms with E-state index >= 15 is 0 Å². The fourth-order valence-electron chi connectivity index (χ4n) is 3.50. The quantitative estimate of drug-likeness (QED) is 0.160. The maximum absolute atomic E-state index is 12.8. The lowest BCUT2D eigenvalue weighted by Gasteiger charge is -2.21. The molecule has 2 aromatic carbocycles. The molecule has 0 radical (unpaired) electrons. The molecule has 1 atom stereocenters. The number of nitrogens with zero attached hydrogens (tertiary/aromatic N) is 4. The van der Waals surface area contributed by atoms with Crippen LogP contribution < -0.4 is 10.6 Å². The van der Waals surface area contributed by atoms with E-state index in [4.69, 9.17) is 4.74 Å². The van der Waals surface area contributed by atoms with Crippen LogP contribution in [-0.4, -0.2) is 49.8 Å². The molecule has 0 bridgehead atoms. The summed E-state index contributed by atoms with van der Waals surface area (Å²) in [6, 6.07) is 11.4. The van der Waals surface area contributed by atoms with Crippen LogP contribution in [0.3, 0.4) is 0 Å². The molecule has 0 unspecified atom stereocenters. The highest BCUT2D eigenvalue weighted by atomic mass is 32.2. The number of carbonyl (C=O) groups excluding carboxylic acids is 3. The standard InChI is InChI=1S/C25H28N6O6S/c1-5-37-24(34)17-9-6-10-18(12-17)26-20(32)14-38-25-29-28-22(30(25)4)21(15(2)3)27-23(33)16-8-7-11-19(13-16)31(35)36/h6-13,15,21H,5,14H2,1-4H3,(H,26,32)(H,27,33)/t21-/m1/s1. The van der Waals surface area contributed by atoms with Crippen molar-refractivity contribution >= 4 is 40.9 Å². The van der Waals surface area contributed by atoms with Crippen molar-refractivity contribution in [2.75, 3.05) is 17.7 Å². The highest BCUT2D eigenvalue weighted by molar-refractivity contribution is 7.99. The molecular weight excluding hydrogens is 512 g/mol. The first-order valence-corrected chi connectivity index (χ1v) is 12.7. The minimum absolute atomic E-state index is 0.0298. The van der Waals surface area contributed by atoms with Crippen molar-refractivity contribution in [3.63, 3.8) is 0 Å². The largest absolute Gasteiger partial charge is 0.462 e. The zero-order valence-electron chi connectivity index (χ0n) is 21.3. The van der Waals surface area contributed by atoms with Crippen molar-refractivity contribution in [3.8, 4) is 0 Å². The van der Waals surface area contributed by atoms with Crippen molar-refractivity contribution in [2.24, 2.45) is 13.0 Å². The molecule has 200 valence electrons. The van der Waals surface area contributed by atoms with Gasteiger partial charge in [-0.25, -0.2) is 4.79 Å². The summed E-state index contributed by atoms with van der Waals surface area (Å²) in [7, 11) is 1.73. The lowest BCUT2D eigenvalue weighted by molar-refractivity contribution is -0.384. The third-order valence-electron chi connectivity index (χ3n) is 5.41. The number of nitro benzene ring substituents is 1. The summed E-state index contributed by atoms with van der Waals surface area (Å²) in [4.78, 5) is 47.8. The predicted molar refractivity (Wildman–Crippen MR) is 141 cm³/mol. The number of nitro groups is 1. The average molecular weight is 541 g/mol. The number of rotatable bonds is 11. The van der Waals surface area contributed by atoms with Gasteiger partial charge < -0.3 is 19.9 Å². The van der Waals surface area contributed by atoms with E-state index in [-0.39, 0.29) is 35.4 Å². The molecule has 2 amide bonds. The molecule has 13 heteroatoms. The number of hydrogen-bond acceptors (Lipinski definition) is 9. The van der Waals surface area contributed by atoms with Crippen molar-refractivity contribution in [1.29, 1.82) is 0 Å². The number of non-ortho nitro benzene ring substituents is 1. The normalized spacial score (nSPS) is 11.6. The zero-order chi connectivity index (χ0) is 27.8. The summed E-state index contributed by atoms with van der Waals surface area (Å²) in [6.07, 6.45) is 0. The average Bonchev–Trinajstić information content (AvgIpc) is 3.25. The maximum atomic E-state index is 12.8. The molecule has 0 aliphatic rings. The molecule has 0 fully saturated rings. The number of hydrogen-bond donors (Lipinski definition) is 2. The monoisotopic (exact) mass is 540 g/mol. The number of nitrogens with one attached hydrogen (secondary N) is 2. The Morgan fingerprint density at radius 2 is 1.82 bits per heavy atom. The van der Waals surface area contributed by atoms with Crippen LogP contribution in [0.5, 0.6) is 0 Å². The summed E-state index contributed by atoms with van der Waals surface area (Å²) in [5.74, 6) is -0.824. The minimum atomic E-state index is -0.559. The van der Waals surface area contributed by atoms with Crippen molar-refractivity contribution in [3.05, 3.63) is 75.6 Å². The number of esters is 1. The molecule has 0 spiro atoms. The molecule has 0 saturated heterocycles. The molecule has 3 rings (SSSR count). The number of anilines is 1. The molecule has 1 aromatic heterocycles. The van der Waals surface area contributed by atoms with Gasteiger partial charge in [0, 0.05) is 30.4 Å². The van der Waals surface area contributed by atoms with Crippen LogP contribution in [0.15, 0.2) is 53.7 Å². The van der Waals surface area contributed by atoms with Crippen LogP contribution in [0.2, 0.25) is 0 Å². The van der Waals surface area contributed by atoms with E-state index in [1.54, 1.807) is 36.7 Å². The number of amides is 2. The zero-order valence-corrected chi connectivity index (χ0v) is 22.2. The first-order chi connectivity index (χ1) is 18.1. The molecule has 2 N–H and O–H groups in total. The molecule has 0 saturated carbocycles. The second-order valence-electron chi connectivity index (χ2n) is 8.54. The number of carbonyl (C=O) groups is 3. The van der Waals surface area contributed by atoms with Crippen LogP contribution in [0.1, 0.15) is 53.4 Å². The van der Waals surface area contributed by atoms with Crippen LogP contribution in [-0.2, 0) is 16.6 Å². The van der Waals surface area contributed by atoms with Gasteiger partial charge >= 0.3 is 5.97 Å². The second-order valence-corrected chi connectivity index (χ2v) is 9.48. The van der Waals surface area contributed by atoms with Gasteiger partial charge in [0.05, 0.1) is 28.9 Å². The first kappa shape index (κ1) is 28.3. The Kier molecular flexibility index (Phi) is 9.55. The van der Waals surface area contributed by atoms with E-state index in [1.165, 1.54) is 30.3 Å². The molecule has 12 nitrogen and oxygen atoms in total. The summed E-state index contributed by atoms with van der Waals surface area (Å²) >= 11 is 1.16. The van der Waals surface area contributed by atoms with Crippen molar-refractivity contribution < 1.29 is 24.0 Å². The minimum Gasteiger partial charge on any atom is -0.462 e. The highest BCUT2D eigenvalue weighted by Gasteiger charge is 2.26. The number of thioether (sulfide) groups is 1. The van der Waals surface area contributed by atoms with Gasteiger partial charge in [-0.15, -0.1) is 10.2 Å². The van der Waals surface area contributed by atoms with E-state index in [0.29, 0.717) is 22.2 Å². The molecule has 38 heavy (non-hydrogen) atoms. The lowest BCUT2D eigenvalue weighted by atomic mass is 10.0. The van der Waals surface area contributed by atoms with Crippen LogP contribution in [0.4, 0.5) is 11.4 Å². The fraction of sp³-hybridized carbons (Fsp3) is 0.320. The summed E-state index contributed by atoms with van der Waals surface area (Å²) < 4.78 is 6.67. The van der Waals surface area contributed by atoms with Gasteiger partial charge in [0.1, 0.15) is 0 Å². The van der Waals surface area contributed by atoms with Crippen LogP contribution in [0, 0.1) is 16.0 Å². The number of aromatic nitrogens is 3. The van der Waals surface area contributed by atoms with E-state index in [0.717, 1.165) is 11.8 Å². The van der Waals surface area contributed by atoms with Gasteiger partial charge in [0.2, 0.25) is 5.91 Å². The lowest BCUT2D eigenvalue weighted by Crippen LogP contribution is -2.33. The number of ether oxygens (including phenoxy) is 1. The number of benzene rings is 2. The molecule has 0 aliphatic carbocycles. The first-order valence-electron chi connectivity index (χ1n) is 11.7. The van der Waals surface area contributed by atoms with E-state index in [1.807, 2.05) is 13.8 Å². The Labute approximate surface area is 223 Å². The Balaban J connectivity index is 1.66. The summed E-state index contributed by atoms with van der Waals surface area (Å²) in [5.41, 5.74) is 0.776. The predicted octanol–water partition coefficient (Wildman–Crippen LogP) is 3.76. The topological polar surface area (TPSA) is 158 Å². The molecule has 3 aromatic rings. The van der Waals surface area contributed by atoms with Crippen LogP contribution in [0.25, 0.3) is 0 Å². The van der Waals surface area contributed by atoms with Gasteiger partial charge in [0.15, 0.2) is 11.0 Å². The van der Waals surface area contributed by atoms with Gasteiger partial charge in [-0.1, -0.05) is 37.7 Å². The van der Waals surface area contributed by atoms with E-state index in [9.17, 15) is 24.5 Å². The maximum Gasteiger partial charge on any atom is 0.338 e. The van der Waals surface area contributed by atoms with Crippen LogP contribution >= 0.6 is 11.8 Å². The van der Waals surface area contributed by atoms with E-state index in [2.05, 4.69) is 20.8 Å². The summed E-state index contributed by atoms with van der Waals surface area (Å²) in [6.45, 7) is 5.77. The smallest absolute Gasteiger partial charge is 0.338 e. The summed E-state index contributed by atoms with van der Waals surface area (Å²) in [5, 5.41) is 25.5. The Morgan fingerprint density at radius 1 is 1.11 bits per heavy atom.